The monoisotopic (exact) mass is 422 g/mol. The molecule has 0 saturated carbocycles. The summed E-state index contributed by atoms with van der Waals surface area (Å²) in [7, 11) is 0. The van der Waals surface area contributed by atoms with E-state index in [1.165, 1.54) is 11.1 Å². The highest BCUT2D eigenvalue weighted by atomic mass is 16.5. The average Bonchev–Trinajstić information content (AvgIpc) is 3.16. The number of aromatic hydroxyl groups is 1. The van der Waals surface area contributed by atoms with Crippen molar-refractivity contribution in [3.05, 3.63) is 95.6 Å². The summed E-state index contributed by atoms with van der Waals surface area (Å²) in [5, 5.41) is 11.0. The Morgan fingerprint density at radius 1 is 0.938 bits per heavy atom. The number of para-hydroxylation sites is 1. The van der Waals surface area contributed by atoms with Gasteiger partial charge in [-0.25, -0.2) is 9.98 Å². The van der Waals surface area contributed by atoms with Crippen LogP contribution in [0.2, 0.25) is 0 Å². The molecule has 2 atom stereocenters. The fourth-order valence-corrected chi connectivity index (χ4v) is 4.60. The molecule has 0 unspecified atom stereocenters. The van der Waals surface area contributed by atoms with Gasteiger partial charge < -0.3 is 14.6 Å². The minimum absolute atomic E-state index is 0.0293. The molecule has 6 rings (SSSR count). The lowest BCUT2D eigenvalue weighted by atomic mass is 9.99. The number of rotatable bonds is 3. The third-order valence-electron chi connectivity index (χ3n) is 6.16. The maximum Gasteiger partial charge on any atom is 0.219 e. The van der Waals surface area contributed by atoms with Crippen LogP contribution in [-0.2, 0) is 11.2 Å². The number of nitrogens with zero attached hydrogens (tertiary/aromatic N) is 2. The second-order valence-electron chi connectivity index (χ2n) is 8.26. The maximum atomic E-state index is 10.1. The number of aliphatic imine (C=N–C) groups is 1. The first-order valence-electron chi connectivity index (χ1n) is 10.9. The Hall–Kier alpha value is -3.86. The molecule has 5 nitrogen and oxygen atoms in total. The van der Waals surface area contributed by atoms with E-state index in [1.807, 2.05) is 36.4 Å². The van der Waals surface area contributed by atoms with E-state index in [9.17, 15) is 5.11 Å². The lowest BCUT2D eigenvalue weighted by molar-refractivity contribution is 0.194. The molecule has 0 bridgehead atoms. The number of ether oxygens (including phenoxy) is 2. The van der Waals surface area contributed by atoms with Crippen molar-refractivity contribution in [1.82, 2.24) is 4.98 Å². The molecule has 1 aliphatic carbocycles. The van der Waals surface area contributed by atoms with E-state index in [-0.39, 0.29) is 17.9 Å². The van der Waals surface area contributed by atoms with E-state index in [4.69, 9.17) is 14.5 Å². The van der Waals surface area contributed by atoms with Gasteiger partial charge in [-0.05, 0) is 60.7 Å². The zero-order valence-electron chi connectivity index (χ0n) is 17.4. The molecular weight excluding hydrogens is 400 g/mol. The third-order valence-corrected chi connectivity index (χ3v) is 6.16. The van der Waals surface area contributed by atoms with Crippen LogP contribution >= 0.6 is 0 Å². The second-order valence-corrected chi connectivity index (χ2v) is 8.26. The Morgan fingerprint density at radius 3 is 2.81 bits per heavy atom. The first-order chi connectivity index (χ1) is 15.7. The van der Waals surface area contributed by atoms with Gasteiger partial charge in [0.15, 0.2) is 0 Å². The van der Waals surface area contributed by atoms with Crippen molar-refractivity contribution < 1.29 is 14.6 Å². The topological polar surface area (TPSA) is 63.9 Å². The molecule has 0 fully saturated rings. The zero-order valence-corrected chi connectivity index (χ0v) is 17.4. The molecule has 5 heteroatoms. The number of hydrogen-bond acceptors (Lipinski definition) is 5. The zero-order chi connectivity index (χ0) is 21.5. The molecule has 0 radical (unpaired) electrons. The van der Waals surface area contributed by atoms with Crippen molar-refractivity contribution in [1.29, 1.82) is 0 Å². The van der Waals surface area contributed by atoms with Crippen molar-refractivity contribution in [3.63, 3.8) is 0 Å². The summed E-state index contributed by atoms with van der Waals surface area (Å²) in [6.07, 6.45) is 3.18. The fourth-order valence-electron chi connectivity index (χ4n) is 4.60. The number of pyridine rings is 1. The number of aromatic nitrogens is 1. The Morgan fingerprint density at radius 2 is 1.84 bits per heavy atom. The molecule has 3 aromatic carbocycles. The van der Waals surface area contributed by atoms with Gasteiger partial charge in [0.1, 0.15) is 23.1 Å². The summed E-state index contributed by atoms with van der Waals surface area (Å²) in [6.45, 7) is 0. The van der Waals surface area contributed by atoms with Gasteiger partial charge in [0.05, 0.1) is 6.04 Å². The van der Waals surface area contributed by atoms with Gasteiger partial charge in [-0.2, -0.15) is 0 Å². The molecule has 1 aliphatic heterocycles. The van der Waals surface area contributed by atoms with Crippen molar-refractivity contribution >= 4 is 16.8 Å². The Labute approximate surface area is 186 Å². The Kier molecular flexibility index (Phi) is 4.53. The molecule has 32 heavy (non-hydrogen) atoms. The molecule has 1 aromatic heterocycles. The molecule has 0 amide bonds. The van der Waals surface area contributed by atoms with Gasteiger partial charge in [0, 0.05) is 17.0 Å². The van der Waals surface area contributed by atoms with E-state index in [0.717, 1.165) is 30.2 Å². The molecule has 1 N–H and O–H groups in total. The van der Waals surface area contributed by atoms with E-state index in [1.54, 1.807) is 18.2 Å². The van der Waals surface area contributed by atoms with Crippen LogP contribution in [0.4, 0.5) is 0 Å². The SMILES string of the molecule is Oc1cccc2ccc(Oc3cccc(C4=N[C@H]5CCCc6ccccc6[C@H]5O4)c3)nc12. The van der Waals surface area contributed by atoms with Crippen molar-refractivity contribution in [2.24, 2.45) is 4.99 Å². The van der Waals surface area contributed by atoms with Crippen LogP contribution in [0, 0.1) is 0 Å². The summed E-state index contributed by atoms with van der Waals surface area (Å²) < 4.78 is 12.4. The highest BCUT2D eigenvalue weighted by Crippen LogP contribution is 2.38. The molecular formula is C27H22N2O3. The molecule has 4 aromatic rings. The molecule has 0 spiro atoms. The first-order valence-corrected chi connectivity index (χ1v) is 10.9. The Bertz CT molecular complexity index is 1350. The molecule has 2 heterocycles. The van der Waals surface area contributed by atoms with Crippen LogP contribution in [0.5, 0.6) is 17.4 Å². The molecule has 158 valence electrons. The van der Waals surface area contributed by atoms with Crippen LogP contribution in [0.1, 0.15) is 35.6 Å². The largest absolute Gasteiger partial charge is 0.506 e. The van der Waals surface area contributed by atoms with E-state index in [2.05, 4.69) is 29.2 Å². The summed E-state index contributed by atoms with van der Waals surface area (Å²) in [5.41, 5.74) is 4.01. The highest BCUT2D eigenvalue weighted by Gasteiger charge is 2.35. The fraction of sp³-hybridized carbons (Fsp3) is 0.185. The van der Waals surface area contributed by atoms with Crippen molar-refractivity contribution in [2.75, 3.05) is 0 Å². The minimum Gasteiger partial charge on any atom is -0.506 e. The summed E-state index contributed by atoms with van der Waals surface area (Å²) in [5.74, 6) is 1.86. The van der Waals surface area contributed by atoms with E-state index < -0.39 is 0 Å². The van der Waals surface area contributed by atoms with Gasteiger partial charge in [-0.3, -0.25) is 0 Å². The quantitative estimate of drug-likeness (QED) is 0.443. The summed E-state index contributed by atoms with van der Waals surface area (Å²) >= 11 is 0. The minimum atomic E-state index is -0.0293. The Balaban J connectivity index is 1.27. The lowest BCUT2D eigenvalue weighted by Crippen LogP contribution is -2.13. The standard InChI is InChI=1S/C27H22N2O3/c30-23-13-5-8-18-14-15-24(29-25(18)23)31-20-10-3-9-19(16-20)27-28-22-12-4-7-17-6-1-2-11-21(17)26(22)32-27/h1-3,5-6,8-11,13-16,22,26,30H,4,7,12H2/t22-,26+/m0/s1. The normalized spacial score (nSPS) is 19.4. The van der Waals surface area contributed by atoms with Crippen molar-refractivity contribution in [3.8, 4) is 17.4 Å². The van der Waals surface area contributed by atoms with Gasteiger partial charge in [-0.1, -0.05) is 42.5 Å². The summed E-state index contributed by atoms with van der Waals surface area (Å²) in [6, 6.07) is 25.4. The number of phenols is 1. The first kappa shape index (κ1) is 18.9. The van der Waals surface area contributed by atoms with Crippen molar-refractivity contribution in [2.45, 2.75) is 31.4 Å². The smallest absolute Gasteiger partial charge is 0.219 e. The molecule has 2 aliphatic rings. The number of aryl methyl sites for hydroxylation is 1. The predicted molar refractivity (Wildman–Crippen MR) is 123 cm³/mol. The van der Waals surface area contributed by atoms with E-state index in [0.29, 0.717) is 23.0 Å². The maximum absolute atomic E-state index is 10.1. The van der Waals surface area contributed by atoms with Crippen LogP contribution in [-0.4, -0.2) is 22.0 Å². The van der Waals surface area contributed by atoms with Gasteiger partial charge in [-0.15, -0.1) is 0 Å². The average molecular weight is 422 g/mol. The van der Waals surface area contributed by atoms with Crippen LogP contribution < -0.4 is 4.74 Å². The van der Waals surface area contributed by atoms with Crippen LogP contribution in [0.15, 0.2) is 83.9 Å². The lowest BCUT2D eigenvalue weighted by Gasteiger charge is -2.17. The summed E-state index contributed by atoms with van der Waals surface area (Å²) in [4.78, 5) is 9.39. The van der Waals surface area contributed by atoms with Gasteiger partial charge in [0.2, 0.25) is 11.8 Å². The highest BCUT2D eigenvalue weighted by molar-refractivity contribution is 5.96. The molecule has 0 saturated heterocycles. The number of phenolic OH excluding ortho intramolecular Hbond substituents is 1. The third kappa shape index (κ3) is 3.36. The van der Waals surface area contributed by atoms with Crippen LogP contribution in [0.3, 0.4) is 0 Å². The second kappa shape index (κ2) is 7.68. The predicted octanol–water partition coefficient (Wildman–Crippen LogP) is 5.96. The number of fused-ring (bicyclic) bond motifs is 4. The van der Waals surface area contributed by atoms with Crippen LogP contribution in [0.25, 0.3) is 10.9 Å². The van der Waals surface area contributed by atoms with Gasteiger partial charge >= 0.3 is 0 Å². The van der Waals surface area contributed by atoms with Gasteiger partial charge in [0.25, 0.3) is 0 Å². The van der Waals surface area contributed by atoms with E-state index >= 15 is 0 Å². The number of hydrogen-bond donors (Lipinski definition) is 1. The number of benzene rings is 3.